The Morgan fingerprint density at radius 3 is 2.18 bits per heavy atom. The van der Waals surface area contributed by atoms with E-state index in [1.54, 1.807) is 24.6 Å². The SMILES string of the molecule is COC1CCN(C(/C=C(/C)C=S)CC(C)(C)c2ccc(C(F)(F)F)cc2)CC1. The number of piperidine rings is 1. The van der Waals surface area contributed by atoms with Crippen LogP contribution in [-0.2, 0) is 16.3 Å². The lowest BCUT2D eigenvalue weighted by Gasteiger charge is -2.39. The van der Waals surface area contributed by atoms with Crippen molar-refractivity contribution >= 4 is 17.6 Å². The number of halogens is 3. The number of hydrogen-bond acceptors (Lipinski definition) is 3. The van der Waals surface area contributed by atoms with Gasteiger partial charge in [-0.15, -0.1) is 0 Å². The van der Waals surface area contributed by atoms with E-state index in [0.717, 1.165) is 43.5 Å². The Balaban J connectivity index is 2.20. The van der Waals surface area contributed by atoms with Crippen LogP contribution in [0.3, 0.4) is 0 Å². The largest absolute Gasteiger partial charge is 0.416 e. The fourth-order valence-electron chi connectivity index (χ4n) is 3.83. The normalized spacial score (nSPS) is 18.9. The van der Waals surface area contributed by atoms with Crippen molar-refractivity contribution < 1.29 is 17.9 Å². The Morgan fingerprint density at radius 1 is 1.18 bits per heavy atom. The lowest BCUT2D eigenvalue weighted by molar-refractivity contribution is -0.137. The minimum Gasteiger partial charge on any atom is -0.381 e. The van der Waals surface area contributed by atoms with Crippen LogP contribution >= 0.6 is 12.2 Å². The first-order chi connectivity index (χ1) is 13.1. The molecule has 0 amide bonds. The van der Waals surface area contributed by atoms with Crippen LogP contribution in [0.15, 0.2) is 35.9 Å². The van der Waals surface area contributed by atoms with Gasteiger partial charge in [-0.3, -0.25) is 4.90 Å². The molecule has 0 saturated carbocycles. The van der Waals surface area contributed by atoms with Crippen molar-refractivity contribution in [2.24, 2.45) is 0 Å². The van der Waals surface area contributed by atoms with E-state index < -0.39 is 11.7 Å². The third-order valence-electron chi connectivity index (χ3n) is 5.63. The molecule has 1 aromatic carbocycles. The van der Waals surface area contributed by atoms with E-state index in [1.807, 2.05) is 6.92 Å². The maximum absolute atomic E-state index is 12.9. The molecule has 1 heterocycles. The third kappa shape index (κ3) is 6.13. The fraction of sp³-hybridized carbons (Fsp3) is 0.591. The average molecular weight is 414 g/mol. The molecule has 0 aromatic heterocycles. The summed E-state index contributed by atoms with van der Waals surface area (Å²) in [6, 6.07) is 5.73. The summed E-state index contributed by atoms with van der Waals surface area (Å²) in [5.74, 6) is 0. The predicted octanol–water partition coefficient (Wildman–Crippen LogP) is 5.80. The second-order valence-corrected chi connectivity index (χ2v) is 8.47. The van der Waals surface area contributed by atoms with Crippen LogP contribution in [0.5, 0.6) is 0 Å². The molecular formula is C22H30F3NOS. The molecule has 1 aliphatic heterocycles. The number of hydrogen-bond donors (Lipinski definition) is 0. The molecular weight excluding hydrogens is 383 g/mol. The average Bonchev–Trinajstić information content (AvgIpc) is 2.66. The van der Waals surface area contributed by atoms with Gasteiger partial charge < -0.3 is 4.74 Å². The molecule has 28 heavy (non-hydrogen) atoms. The number of methoxy groups -OCH3 is 1. The van der Waals surface area contributed by atoms with Crippen LogP contribution in [0, 0.1) is 0 Å². The van der Waals surface area contributed by atoms with Crippen molar-refractivity contribution in [3.8, 4) is 0 Å². The van der Waals surface area contributed by atoms with Crippen molar-refractivity contribution in [1.82, 2.24) is 4.90 Å². The second-order valence-electron chi connectivity index (χ2n) is 8.23. The zero-order valence-corrected chi connectivity index (χ0v) is 17.9. The lowest BCUT2D eigenvalue weighted by Crippen LogP contribution is -2.44. The molecule has 1 fully saturated rings. The van der Waals surface area contributed by atoms with Gasteiger partial charge in [0, 0.05) is 31.6 Å². The number of benzene rings is 1. The van der Waals surface area contributed by atoms with Gasteiger partial charge in [0.1, 0.15) is 0 Å². The highest BCUT2D eigenvalue weighted by atomic mass is 32.1. The molecule has 2 rings (SSSR count). The van der Waals surface area contributed by atoms with Gasteiger partial charge in [0.05, 0.1) is 11.7 Å². The second kappa shape index (κ2) is 9.51. The highest BCUT2D eigenvalue weighted by Gasteiger charge is 2.33. The van der Waals surface area contributed by atoms with E-state index in [1.165, 1.54) is 12.1 Å². The van der Waals surface area contributed by atoms with Crippen molar-refractivity contribution in [1.29, 1.82) is 0 Å². The van der Waals surface area contributed by atoms with Crippen LogP contribution in [0.25, 0.3) is 0 Å². The standard InChI is InChI=1S/C22H30F3NOS/c1-16(15-28)13-19(26-11-9-20(27-4)10-12-26)14-21(2,3)17-5-7-18(8-6-17)22(23,24)25/h5-8,13,15,19-20H,9-12,14H2,1-4H3/b16-13-. The Kier molecular flexibility index (Phi) is 7.82. The van der Waals surface area contributed by atoms with Gasteiger partial charge in [0.25, 0.3) is 0 Å². The summed E-state index contributed by atoms with van der Waals surface area (Å²) in [5, 5.41) is 1.68. The Labute approximate surface area is 171 Å². The zero-order valence-electron chi connectivity index (χ0n) is 17.1. The highest BCUT2D eigenvalue weighted by Crippen LogP contribution is 2.35. The molecule has 0 spiro atoms. The van der Waals surface area contributed by atoms with Crippen LogP contribution in [-0.4, -0.2) is 42.6 Å². The fourth-order valence-corrected chi connectivity index (χ4v) is 3.91. The highest BCUT2D eigenvalue weighted by molar-refractivity contribution is 7.79. The molecule has 1 atom stereocenters. The summed E-state index contributed by atoms with van der Waals surface area (Å²) in [4.78, 5) is 2.43. The summed E-state index contributed by atoms with van der Waals surface area (Å²) in [6.45, 7) is 8.05. The summed E-state index contributed by atoms with van der Waals surface area (Å²) < 4.78 is 44.1. The molecule has 0 N–H and O–H groups in total. The first-order valence-electron chi connectivity index (χ1n) is 9.65. The monoisotopic (exact) mass is 413 g/mol. The number of alkyl halides is 3. The summed E-state index contributed by atoms with van der Waals surface area (Å²) in [5.41, 5.74) is 1.06. The van der Waals surface area contributed by atoms with E-state index in [-0.39, 0.29) is 11.5 Å². The Bertz CT molecular complexity index is 674. The summed E-state index contributed by atoms with van der Waals surface area (Å²) in [6.07, 6.45) is 0.949. The minimum atomic E-state index is -4.31. The third-order valence-corrected chi connectivity index (χ3v) is 6.01. The molecule has 0 aliphatic carbocycles. The van der Waals surface area contributed by atoms with Gasteiger partial charge in [-0.2, -0.15) is 13.2 Å². The van der Waals surface area contributed by atoms with Crippen LogP contribution < -0.4 is 0 Å². The van der Waals surface area contributed by atoms with Gasteiger partial charge in [0.2, 0.25) is 0 Å². The van der Waals surface area contributed by atoms with E-state index >= 15 is 0 Å². The van der Waals surface area contributed by atoms with E-state index in [0.29, 0.717) is 6.10 Å². The van der Waals surface area contributed by atoms with Crippen molar-refractivity contribution in [2.75, 3.05) is 20.2 Å². The number of rotatable bonds is 7. The molecule has 1 saturated heterocycles. The minimum absolute atomic E-state index is 0.175. The topological polar surface area (TPSA) is 12.5 Å². The van der Waals surface area contributed by atoms with Crippen LogP contribution in [0.1, 0.15) is 51.2 Å². The summed E-state index contributed by atoms with van der Waals surface area (Å²) >= 11 is 5.08. The zero-order chi connectivity index (χ0) is 20.9. The molecule has 1 unspecified atom stereocenters. The predicted molar refractivity (Wildman–Crippen MR) is 112 cm³/mol. The van der Waals surface area contributed by atoms with Crippen molar-refractivity contribution in [2.45, 2.75) is 63.8 Å². The molecule has 6 heteroatoms. The number of likely N-dealkylation sites (tertiary alicyclic amines) is 1. The first kappa shape index (κ1) is 23.0. The molecule has 1 aliphatic rings. The first-order valence-corrected chi connectivity index (χ1v) is 10.1. The van der Waals surface area contributed by atoms with Crippen LogP contribution in [0.2, 0.25) is 0 Å². The lowest BCUT2D eigenvalue weighted by atomic mass is 9.78. The van der Waals surface area contributed by atoms with Crippen molar-refractivity contribution in [3.05, 3.63) is 47.0 Å². The van der Waals surface area contributed by atoms with E-state index in [4.69, 9.17) is 17.0 Å². The van der Waals surface area contributed by atoms with Crippen LogP contribution in [0.4, 0.5) is 13.2 Å². The molecule has 2 nitrogen and oxygen atoms in total. The number of allylic oxidation sites excluding steroid dienone is 1. The van der Waals surface area contributed by atoms with E-state index in [9.17, 15) is 13.2 Å². The smallest absolute Gasteiger partial charge is 0.381 e. The molecule has 156 valence electrons. The Hall–Kier alpha value is -1.24. The maximum Gasteiger partial charge on any atom is 0.416 e. The Morgan fingerprint density at radius 2 is 1.71 bits per heavy atom. The van der Waals surface area contributed by atoms with Crippen molar-refractivity contribution in [3.63, 3.8) is 0 Å². The maximum atomic E-state index is 12.9. The van der Waals surface area contributed by atoms with Gasteiger partial charge >= 0.3 is 6.18 Å². The van der Waals surface area contributed by atoms with Gasteiger partial charge in [-0.1, -0.05) is 44.3 Å². The van der Waals surface area contributed by atoms with Gasteiger partial charge in [-0.05, 0) is 54.9 Å². The molecule has 1 aromatic rings. The van der Waals surface area contributed by atoms with Gasteiger partial charge in [0.15, 0.2) is 0 Å². The number of thiocarbonyl (C=S) groups is 1. The molecule has 0 bridgehead atoms. The molecule has 0 radical (unpaired) electrons. The van der Waals surface area contributed by atoms with Gasteiger partial charge in [-0.25, -0.2) is 0 Å². The number of ether oxygens (including phenoxy) is 1. The summed E-state index contributed by atoms with van der Waals surface area (Å²) in [7, 11) is 1.75. The van der Waals surface area contributed by atoms with E-state index in [2.05, 4.69) is 24.8 Å². The quantitative estimate of drug-likeness (QED) is 0.414. The number of nitrogens with zero attached hydrogens (tertiary/aromatic N) is 1.